The fraction of sp³-hybridized carbons (Fsp3) is 0.450. The number of benzene rings is 1. The summed E-state index contributed by atoms with van der Waals surface area (Å²) >= 11 is 0. The maximum Gasteiger partial charge on any atom is 0.302 e. The first-order valence-corrected chi connectivity index (χ1v) is 7.72. The van der Waals surface area contributed by atoms with Crippen molar-refractivity contribution in [1.29, 1.82) is 0 Å². The van der Waals surface area contributed by atoms with E-state index in [9.17, 15) is 4.79 Å². The average Bonchev–Trinajstić information content (AvgIpc) is 2.40. The minimum Gasteiger partial charge on any atom is -0.461 e. The van der Waals surface area contributed by atoms with E-state index in [0.717, 1.165) is 18.4 Å². The Bertz CT molecular complexity index is 602. The van der Waals surface area contributed by atoms with E-state index in [1.165, 1.54) is 40.3 Å². The molecule has 0 atom stereocenters. The van der Waals surface area contributed by atoms with Gasteiger partial charge in [0.1, 0.15) is 6.61 Å². The van der Waals surface area contributed by atoms with Gasteiger partial charge in [0, 0.05) is 6.92 Å². The normalized spacial score (nSPS) is 10.3. The maximum atomic E-state index is 11.1. The van der Waals surface area contributed by atoms with Crippen molar-refractivity contribution in [1.82, 2.24) is 0 Å². The number of hydrogen-bond acceptors (Lipinski definition) is 2. The number of hydrogen-bond donors (Lipinski definition) is 0. The van der Waals surface area contributed by atoms with Gasteiger partial charge in [0.2, 0.25) is 0 Å². The van der Waals surface area contributed by atoms with E-state index in [-0.39, 0.29) is 5.97 Å². The molecule has 0 fully saturated rings. The molecule has 0 aliphatic carbocycles. The molecule has 1 aromatic rings. The van der Waals surface area contributed by atoms with Crippen molar-refractivity contribution in [3.05, 3.63) is 57.7 Å². The summed E-state index contributed by atoms with van der Waals surface area (Å²) in [4.78, 5) is 11.1. The Hall–Kier alpha value is -1.83. The van der Waals surface area contributed by atoms with Crippen LogP contribution in [-0.4, -0.2) is 5.97 Å². The minimum absolute atomic E-state index is 0.247. The van der Waals surface area contributed by atoms with Gasteiger partial charge in [-0.25, -0.2) is 0 Å². The molecule has 2 nitrogen and oxygen atoms in total. The lowest BCUT2D eigenvalue weighted by Crippen LogP contribution is -2.04. The fourth-order valence-corrected chi connectivity index (χ4v) is 2.30. The average molecular weight is 300 g/mol. The maximum absolute atomic E-state index is 11.1. The van der Waals surface area contributed by atoms with Crippen molar-refractivity contribution < 1.29 is 9.53 Å². The zero-order chi connectivity index (χ0) is 16.9. The summed E-state index contributed by atoms with van der Waals surface area (Å²) in [6, 6.07) is 4.31. The molecule has 0 spiro atoms. The van der Waals surface area contributed by atoms with Gasteiger partial charge >= 0.3 is 5.97 Å². The summed E-state index contributed by atoms with van der Waals surface area (Å²) in [7, 11) is 0. The van der Waals surface area contributed by atoms with Gasteiger partial charge in [-0.3, -0.25) is 4.79 Å². The fourth-order valence-electron chi connectivity index (χ4n) is 2.30. The summed E-state index contributed by atoms with van der Waals surface area (Å²) in [6.07, 6.45) is 1.74. The molecule has 1 aromatic carbocycles. The molecule has 0 saturated heterocycles. The van der Waals surface area contributed by atoms with Crippen LogP contribution < -0.4 is 0 Å². The lowest BCUT2D eigenvalue weighted by Gasteiger charge is -2.15. The van der Waals surface area contributed by atoms with E-state index < -0.39 is 0 Å². The van der Waals surface area contributed by atoms with Crippen LogP contribution in [0.2, 0.25) is 0 Å². The van der Waals surface area contributed by atoms with Crippen LogP contribution in [0, 0.1) is 13.8 Å². The Labute approximate surface area is 134 Å². The second-order valence-electron chi connectivity index (χ2n) is 6.37. The molecule has 0 amide bonds. The van der Waals surface area contributed by atoms with Gasteiger partial charge in [-0.2, -0.15) is 0 Å². The van der Waals surface area contributed by atoms with E-state index in [1.807, 2.05) is 0 Å². The first-order valence-electron chi connectivity index (χ1n) is 7.72. The van der Waals surface area contributed by atoms with Gasteiger partial charge in [0.05, 0.1) is 0 Å². The lowest BCUT2D eigenvalue weighted by molar-refractivity contribution is -0.142. The first-order chi connectivity index (χ1) is 10.2. The van der Waals surface area contributed by atoms with Crippen molar-refractivity contribution in [2.45, 2.75) is 61.0 Å². The monoisotopic (exact) mass is 300 g/mol. The number of carbonyl (C=O) groups is 1. The highest BCUT2D eigenvalue weighted by atomic mass is 16.5. The SMILES string of the molecule is C=C(CC(C)=C(C)C)Cc1cc(C)c(C)cc1COC(C)=O. The molecule has 1 rings (SSSR count). The highest BCUT2D eigenvalue weighted by molar-refractivity contribution is 5.66. The highest BCUT2D eigenvalue weighted by Crippen LogP contribution is 2.23. The van der Waals surface area contributed by atoms with E-state index in [4.69, 9.17) is 4.74 Å². The largest absolute Gasteiger partial charge is 0.461 e. The smallest absolute Gasteiger partial charge is 0.302 e. The molecule has 22 heavy (non-hydrogen) atoms. The van der Waals surface area contributed by atoms with Crippen LogP contribution in [0.1, 0.15) is 56.4 Å². The van der Waals surface area contributed by atoms with Gasteiger partial charge in [-0.15, -0.1) is 0 Å². The predicted molar refractivity (Wildman–Crippen MR) is 92.9 cm³/mol. The van der Waals surface area contributed by atoms with Gasteiger partial charge in [-0.05, 0) is 69.7 Å². The van der Waals surface area contributed by atoms with Crippen LogP contribution in [0.15, 0.2) is 35.4 Å². The van der Waals surface area contributed by atoms with Crippen molar-refractivity contribution in [2.24, 2.45) is 0 Å². The molecule has 0 aliphatic rings. The van der Waals surface area contributed by atoms with Crippen molar-refractivity contribution in [3.8, 4) is 0 Å². The summed E-state index contributed by atoms with van der Waals surface area (Å²) in [6.45, 7) is 16.6. The van der Waals surface area contributed by atoms with E-state index in [0.29, 0.717) is 6.61 Å². The molecule has 0 saturated carbocycles. The zero-order valence-corrected chi connectivity index (χ0v) is 14.8. The molecule has 0 bridgehead atoms. The lowest BCUT2D eigenvalue weighted by atomic mass is 9.93. The molecule has 2 heteroatoms. The van der Waals surface area contributed by atoms with Crippen LogP contribution in [0.5, 0.6) is 0 Å². The molecule has 120 valence electrons. The zero-order valence-electron chi connectivity index (χ0n) is 14.8. The first kappa shape index (κ1) is 18.2. The molecule has 0 aromatic heterocycles. The number of rotatable bonds is 6. The third-order valence-corrected chi connectivity index (χ3v) is 4.06. The Kier molecular flexibility index (Phi) is 6.61. The van der Waals surface area contributed by atoms with Gasteiger partial charge < -0.3 is 4.74 Å². The molecular formula is C20H28O2. The number of ether oxygens (including phenoxy) is 1. The minimum atomic E-state index is -0.247. The van der Waals surface area contributed by atoms with Crippen LogP contribution in [-0.2, 0) is 22.6 Å². The van der Waals surface area contributed by atoms with Crippen molar-refractivity contribution in [2.75, 3.05) is 0 Å². The third kappa shape index (κ3) is 5.51. The van der Waals surface area contributed by atoms with Crippen LogP contribution >= 0.6 is 0 Å². The summed E-state index contributed by atoms with van der Waals surface area (Å²) < 4.78 is 5.19. The van der Waals surface area contributed by atoms with E-state index in [1.54, 1.807) is 0 Å². The number of esters is 1. The summed E-state index contributed by atoms with van der Waals surface area (Å²) in [5.41, 5.74) is 8.67. The summed E-state index contributed by atoms with van der Waals surface area (Å²) in [5, 5.41) is 0. The van der Waals surface area contributed by atoms with Crippen molar-refractivity contribution >= 4 is 5.97 Å². The van der Waals surface area contributed by atoms with E-state index >= 15 is 0 Å². The third-order valence-electron chi connectivity index (χ3n) is 4.06. The Morgan fingerprint density at radius 1 is 1.05 bits per heavy atom. The Morgan fingerprint density at radius 3 is 2.09 bits per heavy atom. The van der Waals surface area contributed by atoms with Gasteiger partial charge in [0.25, 0.3) is 0 Å². The Morgan fingerprint density at radius 2 is 1.59 bits per heavy atom. The standard InChI is InChI=1S/C20H28O2/c1-13(2)15(4)8-14(3)9-19-10-16(5)17(6)11-20(19)12-22-18(7)21/h10-11H,3,8-9,12H2,1-2,4-7H3. The second kappa shape index (κ2) is 7.98. The van der Waals surface area contributed by atoms with Gasteiger partial charge in [0.15, 0.2) is 0 Å². The summed E-state index contributed by atoms with van der Waals surface area (Å²) in [5.74, 6) is -0.247. The predicted octanol–water partition coefficient (Wildman–Crippen LogP) is 5.21. The Balaban J connectivity index is 2.96. The van der Waals surface area contributed by atoms with Crippen LogP contribution in [0.3, 0.4) is 0 Å². The highest BCUT2D eigenvalue weighted by Gasteiger charge is 2.09. The molecule has 0 aliphatic heterocycles. The molecular weight excluding hydrogens is 272 g/mol. The number of allylic oxidation sites excluding steroid dienone is 3. The molecule has 0 radical (unpaired) electrons. The van der Waals surface area contributed by atoms with Gasteiger partial charge in [-0.1, -0.05) is 35.4 Å². The topological polar surface area (TPSA) is 26.3 Å². The molecule has 0 heterocycles. The molecule has 0 N–H and O–H groups in total. The van der Waals surface area contributed by atoms with Crippen molar-refractivity contribution in [3.63, 3.8) is 0 Å². The number of aryl methyl sites for hydroxylation is 2. The number of carbonyl (C=O) groups excluding carboxylic acids is 1. The van der Waals surface area contributed by atoms with Crippen LogP contribution in [0.4, 0.5) is 0 Å². The quantitative estimate of drug-likeness (QED) is 0.532. The molecule has 0 unspecified atom stereocenters. The second-order valence-corrected chi connectivity index (χ2v) is 6.37. The van der Waals surface area contributed by atoms with E-state index in [2.05, 4.69) is 53.3 Å². The van der Waals surface area contributed by atoms with Crippen LogP contribution in [0.25, 0.3) is 0 Å².